The second-order valence-electron chi connectivity index (χ2n) is 8.45. The lowest BCUT2D eigenvalue weighted by atomic mass is 9.97. The van der Waals surface area contributed by atoms with Crippen LogP contribution in [-0.4, -0.2) is 39.5 Å². The highest BCUT2D eigenvalue weighted by Gasteiger charge is 2.22. The molecule has 9 nitrogen and oxygen atoms in total. The number of nitrogen functional groups attached to an aromatic ring is 1. The van der Waals surface area contributed by atoms with Gasteiger partial charge < -0.3 is 25.1 Å². The average Bonchev–Trinajstić information content (AvgIpc) is 3.30. The van der Waals surface area contributed by atoms with E-state index in [0.29, 0.717) is 39.3 Å². The number of oxazole rings is 1. The van der Waals surface area contributed by atoms with Crippen molar-refractivity contribution < 1.29 is 19.4 Å². The number of rotatable bonds is 9. The topological polar surface area (TPSA) is 162 Å². The smallest absolute Gasteiger partial charge is 0.226 e. The number of aryl methyl sites for hydroxylation is 2. The largest absolute Gasteiger partial charge is 0.491 e. The van der Waals surface area contributed by atoms with E-state index in [4.69, 9.17) is 20.0 Å². The first-order chi connectivity index (χ1) is 18.4. The Labute approximate surface area is 224 Å². The summed E-state index contributed by atoms with van der Waals surface area (Å²) in [5.74, 6) is 2.05. The molecule has 0 bridgehead atoms. The zero-order chi connectivity index (χ0) is 27.2. The number of aliphatic hydroxyl groups excluding tert-OH is 2. The first-order valence-electron chi connectivity index (χ1n) is 11.7. The van der Waals surface area contributed by atoms with Crippen LogP contribution in [0.2, 0.25) is 0 Å². The lowest BCUT2D eigenvalue weighted by Gasteiger charge is -2.14. The van der Waals surface area contributed by atoms with Gasteiger partial charge in [-0.1, -0.05) is 42.1 Å². The zero-order valence-corrected chi connectivity index (χ0v) is 21.6. The second-order valence-corrected chi connectivity index (χ2v) is 9.41. The van der Waals surface area contributed by atoms with Crippen LogP contribution in [0.3, 0.4) is 0 Å². The van der Waals surface area contributed by atoms with Crippen LogP contribution in [0.5, 0.6) is 5.75 Å². The minimum Gasteiger partial charge on any atom is -0.491 e. The van der Waals surface area contributed by atoms with Crippen molar-refractivity contribution in [1.29, 1.82) is 10.5 Å². The Bertz CT molecular complexity index is 1540. The zero-order valence-electron chi connectivity index (χ0n) is 20.8. The molecular formula is C28H25N5O4S. The summed E-state index contributed by atoms with van der Waals surface area (Å²) < 4.78 is 11.4. The van der Waals surface area contributed by atoms with Crippen molar-refractivity contribution in [3.63, 3.8) is 0 Å². The Morgan fingerprint density at radius 2 is 1.76 bits per heavy atom. The summed E-state index contributed by atoms with van der Waals surface area (Å²) in [6.45, 7) is 3.35. The molecule has 0 aliphatic carbocycles. The third kappa shape index (κ3) is 5.63. The van der Waals surface area contributed by atoms with E-state index in [0.717, 1.165) is 16.8 Å². The van der Waals surface area contributed by atoms with Crippen LogP contribution in [0, 0.1) is 36.5 Å². The van der Waals surface area contributed by atoms with Crippen LogP contribution in [-0.2, 0) is 5.75 Å². The highest BCUT2D eigenvalue weighted by Crippen LogP contribution is 2.37. The lowest BCUT2D eigenvalue weighted by Crippen LogP contribution is -2.21. The fraction of sp³-hybridized carbons (Fsp3) is 0.214. The molecule has 0 fully saturated rings. The molecule has 38 heavy (non-hydrogen) atoms. The number of aliphatic hydroxyl groups is 2. The molecule has 192 valence electrons. The fourth-order valence-corrected chi connectivity index (χ4v) is 4.78. The Kier molecular flexibility index (Phi) is 8.29. The molecule has 0 amide bonds. The predicted molar refractivity (Wildman–Crippen MR) is 143 cm³/mol. The number of anilines is 1. The van der Waals surface area contributed by atoms with Gasteiger partial charge in [-0.2, -0.15) is 10.5 Å². The van der Waals surface area contributed by atoms with Crippen LogP contribution >= 0.6 is 11.8 Å². The molecule has 0 aliphatic rings. The number of pyridine rings is 1. The summed E-state index contributed by atoms with van der Waals surface area (Å²) in [5, 5.41) is 38.7. The second kappa shape index (κ2) is 11.8. The minimum absolute atomic E-state index is 0.0212. The predicted octanol–water partition coefficient (Wildman–Crippen LogP) is 4.37. The van der Waals surface area contributed by atoms with E-state index in [1.165, 1.54) is 11.8 Å². The molecule has 0 radical (unpaired) electrons. The van der Waals surface area contributed by atoms with Gasteiger partial charge in [0.1, 0.15) is 52.8 Å². The highest BCUT2D eigenvalue weighted by molar-refractivity contribution is 7.98. The maximum atomic E-state index is 10.1. The van der Waals surface area contributed by atoms with E-state index in [2.05, 4.69) is 22.1 Å². The monoisotopic (exact) mass is 527 g/mol. The quantitative estimate of drug-likeness (QED) is 0.266. The number of nitrogens with two attached hydrogens (primary N) is 1. The van der Waals surface area contributed by atoms with Gasteiger partial charge in [0, 0.05) is 16.9 Å². The molecule has 2 aromatic heterocycles. The summed E-state index contributed by atoms with van der Waals surface area (Å²) in [4.78, 5) is 9.03. The number of thioether (sulfide) groups is 1. The van der Waals surface area contributed by atoms with Crippen molar-refractivity contribution in [2.24, 2.45) is 0 Å². The Morgan fingerprint density at radius 1 is 1.05 bits per heavy atom. The number of ether oxygens (including phenoxy) is 1. The number of aromatic nitrogens is 2. The van der Waals surface area contributed by atoms with Gasteiger partial charge in [-0.15, -0.1) is 0 Å². The van der Waals surface area contributed by atoms with Crippen LogP contribution in [0.4, 0.5) is 5.82 Å². The van der Waals surface area contributed by atoms with Gasteiger partial charge in [-0.05, 0) is 43.2 Å². The fourth-order valence-electron chi connectivity index (χ4n) is 3.78. The van der Waals surface area contributed by atoms with Crippen molar-refractivity contribution in [2.75, 3.05) is 18.9 Å². The first-order valence-corrected chi connectivity index (χ1v) is 12.7. The van der Waals surface area contributed by atoms with E-state index in [1.54, 1.807) is 24.3 Å². The lowest BCUT2D eigenvalue weighted by molar-refractivity contribution is 0.0536. The van der Waals surface area contributed by atoms with Crippen molar-refractivity contribution in [3.8, 4) is 40.5 Å². The molecule has 10 heteroatoms. The molecule has 4 N–H and O–H groups in total. The van der Waals surface area contributed by atoms with Crippen molar-refractivity contribution in [2.45, 2.75) is 30.7 Å². The van der Waals surface area contributed by atoms with Gasteiger partial charge in [0.15, 0.2) is 0 Å². The highest BCUT2D eigenvalue weighted by atomic mass is 32.2. The SMILES string of the molecule is Cc1ccccc1-c1nc(CSc2nc(N)c(C#N)c(-c3ccc(OC[C@H](O)CO)cc3)c2C#N)c(C)o1. The van der Waals surface area contributed by atoms with E-state index in [-0.39, 0.29) is 23.6 Å². The Balaban J connectivity index is 1.64. The van der Waals surface area contributed by atoms with Gasteiger partial charge in [-0.3, -0.25) is 0 Å². The summed E-state index contributed by atoms with van der Waals surface area (Å²) in [7, 11) is 0. The van der Waals surface area contributed by atoms with E-state index in [9.17, 15) is 15.6 Å². The number of hydrogen-bond donors (Lipinski definition) is 3. The molecule has 4 rings (SSSR count). The van der Waals surface area contributed by atoms with Crippen molar-refractivity contribution >= 4 is 17.6 Å². The third-order valence-electron chi connectivity index (χ3n) is 5.83. The number of nitrogens with zero attached hydrogens (tertiary/aromatic N) is 4. The molecule has 0 aliphatic heterocycles. The Morgan fingerprint density at radius 3 is 2.42 bits per heavy atom. The molecule has 0 spiro atoms. The summed E-state index contributed by atoms with van der Waals surface area (Å²) in [6, 6.07) is 18.8. The van der Waals surface area contributed by atoms with Gasteiger partial charge >= 0.3 is 0 Å². The van der Waals surface area contributed by atoms with Crippen molar-refractivity contribution in [1.82, 2.24) is 9.97 Å². The normalized spacial score (nSPS) is 11.5. The molecule has 2 heterocycles. The van der Waals surface area contributed by atoms with Gasteiger partial charge in [0.25, 0.3) is 0 Å². The van der Waals surface area contributed by atoms with Crippen LogP contribution in [0.15, 0.2) is 58.0 Å². The van der Waals surface area contributed by atoms with E-state index in [1.807, 2.05) is 38.1 Å². The number of nitriles is 2. The summed E-state index contributed by atoms with van der Waals surface area (Å²) in [6.07, 6.45) is -0.995. The maximum absolute atomic E-state index is 10.1. The number of hydrogen-bond acceptors (Lipinski definition) is 10. The third-order valence-corrected chi connectivity index (χ3v) is 6.81. The number of benzene rings is 2. The molecule has 4 aromatic rings. The van der Waals surface area contributed by atoms with Crippen LogP contribution < -0.4 is 10.5 Å². The van der Waals surface area contributed by atoms with Gasteiger partial charge in [-0.25, -0.2) is 9.97 Å². The van der Waals surface area contributed by atoms with Crippen molar-refractivity contribution in [3.05, 3.63) is 76.7 Å². The molecule has 0 saturated carbocycles. The summed E-state index contributed by atoms with van der Waals surface area (Å²) in [5.41, 5.74) is 10.1. The Hall–Kier alpha value is -4.35. The van der Waals surface area contributed by atoms with Crippen LogP contribution in [0.25, 0.3) is 22.6 Å². The van der Waals surface area contributed by atoms with E-state index < -0.39 is 12.7 Å². The maximum Gasteiger partial charge on any atom is 0.226 e. The molecule has 2 aromatic carbocycles. The molecular weight excluding hydrogens is 502 g/mol. The first kappa shape index (κ1) is 26.7. The average molecular weight is 528 g/mol. The van der Waals surface area contributed by atoms with Gasteiger partial charge in [0.05, 0.1) is 17.9 Å². The minimum atomic E-state index is -0.995. The van der Waals surface area contributed by atoms with E-state index >= 15 is 0 Å². The molecule has 0 saturated heterocycles. The van der Waals surface area contributed by atoms with Gasteiger partial charge in [0.2, 0.25) is 5.89 Å². The van der Waals surface area contributed by atoms with Crippen LogP contribution in [0.1, 0.15) is 28.1 Å². The standard InChI is InChI=1S/C28H25N5O4S/c1-16-5-3-4-6-21(16)27-32-24(17(2)37-27)15-38-28-23(12-30)25(22(11-29)26(31)33-28)18-7-9-20(10-8-18)36-14-19(35)13-34/h3-10,19,34-35H,13-15H2,1-2H3,(H2,31,33)/t19-/m1/s1. The molecule has 1 atom stereocenters. The molecule has 0 unspecified atom stereocenters. The summed E-state index contributed by atoms with van der Waals surface area (Å²) >= 11 is 1.29.